The number of rotatable bonds is 6. The first kappa shape index (κ1) is 23.1. The molecule has 1 aromatic heterocycles. The van der Waals surface area contributed by atoms with E-state index in [9.17, 15) is 23.2 Å². The summed E-state index contributed by atoms with van der Waals surface area (Å²) in [5.74, 6) is -3.03. The molecule has 1 heterocycles. The van der Waals surface area contributed by atoms with Crippen molar-refractivity contribution in [1.82, 2.24) is 9.55 Å². The maximum Gasteiger partial charge on any atom is 0.337 e. The molecule has 0 atom stereocenters. The second-order valence-electron chi connectivity index (χ2n) is 7.06. The Kier molecular flexibility index (Phi) is 6.69. The normalized spacial score (nSPS) is 10.8. The van der Waals surface area contributed by atoms with Crippen LogP contribution in [-0.4, -0.2) is 34.3 Å². The zero-order valence-corrected chi connectivity index (χ0v) is 18.6. The number of carbonyl (C=O) groups is 2. The minimum atomic E-state index is -0.904. The van der Waals surface area contributed by atoms with Gasteiger partial charge in [0.1, 0.15) is 11.6 Å². The van der Waals surface area contributed by atoms with E-state index in [1.807, 2.05) is 0 Å². The van der Waals surface area contributed by atoms with E-state index in [0.717, 1.165) is 23.9 Å². The number of para-hydroxylation sites is 1. The lowest BCUT2D eigenvalue weighted by molar-refractivity contribution is -0.113. The van der Waals surface area contributed by atoms with Crippen LogP contribution < -0.4 is 10.9 Å². The lowest BCUT2D eigenvalue weighted by Gasteiger charge is -2.13. The molecule has 10 heteroatoms. The van der Waals surface area contributed by atoms with Crippen molar-refractivity contribution in [2.24, 2.45) is 0 Å². The van der Waals surface area contributed by atoms with Gasteiger partial charge in [0, 0.05) is 6.07 Å². The summed E-state index contributed by atoms with van der Waals surface area (Å²) in [5, 5.41) is 2.84. The molecule has 0 saturated heterocycles. The summed E-state index contributed by atoms with van der Waals surface area (Å²) in [6.07, 6.45) is 0. The standard InChI is InChI=1S/C24H17F2N3O4S/c1-33-23(32)14-7-9-17-20(11-14)28-24(29(22(17)31)16-5-3-2-4-6-16)34-13-21(30)27-19-10-8-15(25)12-18(19)26/h2-12H,13H2,1H3,(H,27,30). The van der Waals surface area contributed by atoms with E-state index >= 15 is 0 Å². The third-order valence-electron chi connectivity index (χ3n) is 4.81. The van der Waals surface area contributed by atoms with Crippen molar-refractivity contribution in [3.63, 3.8) is 0 Å². The van der Waals surface area contributed by atoms with Crippen LogP contribution in [-0.2, 0) is 9.53 Å². The Morgan fingerprint density at radius 1 is 1.06 bits per heavy atom. The minimum absolute atomic E-state index is 0.165. The van der Waals surface area contributed by atoms with E-state index in [0.29, 0.717) is 11.8 Å². The number of halogens is 2. The van der Waals surface area contributed by atoms with Crippen molar-refractivity contribution in [1.29, 1.82) is 0 Å². The van der Waals surface area contributed by atoms with Crippen molar-refractivity contribution in [3.8, 4) is 5.69 Å². The molecule has 0 bridgehead atoms. The number of ether oxygens (including phenoxy) is 1. The molecule has 172 valence electrons. The molecule has 7 nitrogen and oxygen atoms in total. The van der Waals surface area contributed by atoms with Gasteiger partial charge in [-0.15, -0.1) is 0 Å². The smallest absolute Gasteiger partial charge is 0.337 e. The van der Waals surface area contributed by atoms with E-state index in [1.54, 1.807) is 30.3 Å². The molecule has 0 radical (unpaired) electrons. The minimum Gasteiger partial charge on any atom is -0.465 e. The fraction of sp³-hybridized carbons (Fsp3) is 0.0833. The summed E-state index contributed by atoms with van der Waals surface area (Å²) < 4.78 is 33.0. The predicted octanol–water partition coefficient (Wildman–Crippen LogP) is 4.18. The van der Waals surface area contributed by atoms with Gasteiger partial charge in [-0.3, -0.25) is 14.2 Å². The molecule has 0 fully saturated rings. The van der Waals surface area contributed by atoms with E-state index in [4.69, 9.17) is 4.74 Å². The quantitative estimate of drug-likeness (QED) is 0.252. The van der Waals surface area contributed by atoms with E-state index < -0.39 is 23.5 Å². The molecule has 0 spiro atoms. The third-order valence-corrected chi connectivity index (χ3v) is 5.75. The molecule has 1 amide bonds. The van der Waals surface area contributed by atoms with Gasteiger partial charge >= 0.3 is 5.97 Å². The largest absolute Gasteiger partial charge is 0.465 e. The maximum atomic E-state index is 13.9. The summed E-state index contributed by atoms with van der Waals surface area (Å²) in [6, 6.07) is 16.0. The van der Waals surface area contributed by atoms with Gasteiger partial charge < -0.3 is 10.1 Å². The maximum absolute atomic E-state index is 13.9. The number of carbonyl (C=O) groups excluding carboxylic acids is 2. The highest BCUT2D eigenvalue weighted by molar-refractivity contribution is 7.99. The highest BCUT2D eigenvalue weighted by Crippen LogP contribution is 2.23. The van der Waals surface area contributed by atoms with Crippen molar-refractivity contribution in [3.05, 3.63) is 94.3 Å². The summed E-state index contributed by atoms with van der Waals surface area (Å²) in [7, 11) is 1.25. The van der Waals surface area contributed by atoms with Gasteiger partial charge in [-0.25, -0.2) is 18.6 Å². The second kappa shape index (κ2) is 9.84. The van der Waals surface area contributed by atoms with E-state index in [1.165, 1.54) is 29.9 Å². The van der Waals surface area contributed by atoms with Crippen LogP contribution in [0.4, 0.5) is 14.5 Å². The monoisotopic (exact) mass is 481 g/mol. The first-order valence-corrected chi connectivity index (χ1v) is 10.9. The number of benzene rings is 3. The number of nitrogens with one attached hydrogen (secondary N) is 1. The van der Waals surface area contributed by atoms with E-state index in [2.05, 4.69) is 10.3 Å². The van der Waals surface area contributed by atoms with Crippen LogP contribution in [0, 0.1) is 11.6 Å². The molecule has 0 aliphatic carbocycles. The van der Waals surface area contributed by atoms with Gasteiger partial charge in [0.2, 0.25) is 5.91 Å². The molecule has 0 aliphatic rings. The SMILES string of the molecule is COC(=O)c1ccc2c(=O)n(-c3ccccc3)c(SCC(=O)Nc3ccc(F)cc3F)nc2c1. The first-order chi connectivity index (χ1) is 16.4. The fourth-order valence-electron chi connectivity index (χ4n) is 3.22. The van der Waals surface area contributed by atoms with Crippen molar-refractivity contribution in [2.45, 2.75) is 5.16 Å². The number of hydrogen-bond acceptors (Lipinski definition) is 6. The van der Waals surface area contributed by atoms with Gasteiger partial charge in [0.05, 0.1) is 40.7 Å². The molecule has 4 aromatic rings. The van der Waals surface area contributed by atoms with Crippen molar-refractivity contribution < 1.29 is 23.1 Å². The average molecular weight is 481 g/mol. The van der Waals surface area contributed by atoms with Crippen LogP contribution in [0.3, 0.4) is 0 Å². The van der Waals surface area contributed by atoms with Crippen molar-refractivity contribution in [2.75, 3.05) is 18.2 Å². The fourth-order valence-corrected chi connectivity index (χ4v) is 4.03. The molecule has 0 saturated carbocycles. The molecular formula is C24H17F2N3O4S. The molecule has 0 unspecified atom stereocenters. The van der Waals surface area contributed by atoms with Gasteiger partial charge in [-0.1, -0.05) is 30.0 Å². The van der Waals surface area contributed by atoms with Crippen LogP contribution >= 0.6 is 11.8 Å². The Balaban J connectivity index is 1.71. The van der Waals surface area contributed by atoms with Gasteiger partial charge in [-0.05, 0) is 42.5 Å². The zero-order chi connectivity index (χ0) is 24.2. The zero-order valence-electron chi connectivity index (χ0n) is 17.7. The predicted molar refractivity (Wildman–Crippen MR) is 124 cm³/mol. The molecule has 1 N–H and O–H groups in total. The number of amides is 1. The highest BCUT2D eigenvalue weighted by atomic mass is 32.2. The summed E-state index contributed by atoms with van der Waals surface area (Å²) in [6.45, 7) is 0. The number of aromatic nitrogens is 2. The van der Waals surface area contributed by atoms with Crippen LogP contribution in [0.25, 0.3) is 16.6 Å². The topological polar surface area (TPSA) is 90.3 Å². The summed E-state index contributed by atoms with van der Waals surface area (Å²) in [4.78, 5) is 42.2. The van der Waals surface area contributed by atoms with Gasteiger partial charge in [0.15, 0.2) is 5.16 Å². The number of nitrogens with zero attached hydrogens (tertiary/aromatic N) is 2. The molecule has 0 aliphatic heterocycles. The first-order valence-electron chi connectivity index (χ1n) is 9.95. The number of esters is 1. The Bertz CT molecular complexity index is 1460. The number of methoxy groups -OCH3 is 1. The molecule has 34 heavy (non-hydrogen) atoms. The highest BCUT2D eigenvalue weighted by Gasteiger charge is 2.17. The Hall–Kier alpha value is -4.05. The number of fused-ring (bicyclic) bond motifs is 1. The molecular weight excluding hydrogens is 464 g/mol. The Morgan fingerprint density at radius 2 is 1.82 bits per heavy atom. The number of anilines is 1. The van der Waals surface area contributed by atoms with Crippen LogP contribution in [0.5, 0.6) is 0 Å². The third kappa shape index (κ3) is 4.81. The van der Waals surface area contributed by atoms with Crippen molar-refractivity contribution >= 4 is 40.2 Å². The second-order valence-corrected chi connectivity index (χ2v) is 8.00. The van der Waals surface area contributed by atoms with Crippen LogP contribution in [0.2, 0.25) is 0 Å². The van der Waals surface area contributed by atoms with Crippen LogP contribution in [0.15, 0.2) is 76.7 Å². The van der Waals surface area contributed by atoms with E-state index in [-0.39, 0.29) is 38.6 Å². The lowest BCUT2D eigenvalue weighted by atomic mass is 10.1. The average Bonchev–Trinajstić information content (AvgIpc) is 2.84. The van der Waals surface area contributed by atoms with Gasteiger partial charge in [-0.2, -0.15) is 0 Å². The summed E-state index contributed by atoms with van der Waals surface area (Å²) >= 11 is 0.954. The van der Waals surface area contributed by atoms with Gasteiger partial charge in [0.25, 0.3) is 5.56 Å². The molecule has 4 rings (SSSR count). The number of hydrogen-bond donors (Lipinski definition) is 1. The molecule has 3 aromatic carbocycles. The lowest BCUT2D eigenvalue weighted by Crippen LogP contribution is -2.23. The van der Waals surface area contributed by atoms with Crippen LogP contribution in [0.1, 0.15) is 10.4 Å². The summed E-state index contributed by atoms with van der Waals surface area (Å²) in [5.41, 5.74) is 0.459. The Labute approximate surface area is 196 Å². The Morgan fingerprint density at radius 3 is 2.53 bits per heavy atom. The number of thioether (sulfide) groups is 1.